The Morgan fingerprint density at radius 2 is 1.10 bits per heavy atom. The van der Waals surface area contributed by atoms with Gasteiger partial charge in [0, 0.05) is 52.3 Å². The van der Waals surface area contributed by atoms with Crippen LogP contribution in [0, 0.1) is 6.92 Å². The molecule has 0 atom stereocenters. The van der Waals surface area contributed by atoms with Gasteiger partial charge in [-0.25, -0.2) is 14.4 Å². The van der Waals surface area contributed by atoms with Gasteiger partial charge in [0.15, 0.2) is 0 Å². The summed E-state index contributed by atoms with van der Waals surface area (Å²) in [6.07, 6.45) is 0. The maximum atomic E-state index is 10.9. The summed E-state index contributed by atoms with van der Waals surface area (Å²) in [7, 11) is 0.311. The lowest BCUT2D eigenvalue weighted by atomic mass is 10.1. The number of carboxylic acid groups (broad SMARTS) is 3. The molecule has 0 aliphatic rings. The van der Waals surface area contributed by atoms with Crippen molar-refractivity contribution in [3.63, 3.8) is 0 Å². The standard InChI is InChI=1S/C9H9NO4.2C8H11NO3S.C8H9NO2/c1-10-7-3-5(8(11)12)2-6(4-7)9(13)14;1-6-3-4-7(9-2)8(5-6)13(10,11)12;1-9(2)7-4-3-5-8(6-7)13(10,11)12;1-9-7-4-2-3-6(5-7)8(10)11/h2-4,10H,1H3,(H,11,12)(H,13,14);3-5,9H,1-2H3,(H,10,11,12);3-6H,1-2H3,(H,10,11,12);2-5,9H,1H3,(H,10,11). The first kappa shape index (κ1) is 43.3. The highest BCUT2D eigenvalue weighted by Crippen LogP contribution is 2.21. The molecule has 51 heavy (non-hydrogen) atoms. The summed E-state index contributed by atoms with van der Waals surface area (Å²) in [5.74, 6) is -3.20. The Hall–Kier alpha value is -5.69. The number of aryl methyl sites for hydroxylation is 1. The number of nitrogens with one attached hydrogen (secondary N) is 3. The van der Waals surface area contributed by atoms with Crippen molar-refractivity contribution in [1.82, 2.24) is 0 Å². The predicted molar refractivity (Wildman–Crippen MR) is 194 cm³/mol. The van der Waals surface area contributed by atoms with Gasteiger partial charge in [0.25, 0.3) is 20.2 Å². The fraction of sp³-hybridized carbons (Fsp3) is 0.182. The average Bonchev–Trinajstić information content (AvgIpc) is 3.08. The normalized spacial score (nSPS) is 10.4. The summed E-state index contributed by atoms with van der Waals surface area (Å²) in [4.78, 5) is 33.3. The van der Waals surface area contributed by atoms with Gasteiger partial charge in [-0.1, -0.05) is 18.2 Å². The van der Waals surface area contributed by atoms with Crippen molar-refractivity contribution < 1.29 is 55.6 Å². The Kier molecular flexibility index (Phi) is 16.6. The maximum absolute atomic E-state index is 10.9. The molecule has 4 aromatic rings. The summed E-state index contributed by atoms with van der Waals surface area (Å²) in [6, 6.07) is 21.4. The third kappa shape index (κ3) is 14.8. The number of rotatable bonds is 9. The van der Waals surface area contributed by atoms with Crippen molar-refractivity contribution in [2.24, 2.45) is 0 Å². The van der Waals surface area contributed by atoms with Crippen LogP contribution in [-0.2, 0) is 20.2 Å². The molecule has 0 spiro atoms. The highest BCUT2D eigenvalue weighted by atomic mass is 32.2. The van der Waals surface area contributed by atoms with Crippen molar-refractivity contribution in [2.75, 3.05) is 56.1 Å². The van der Waals surface area contributed by atoms with Crippen molar-refractivity contribution in [3.8, 4) is 0 Å². The highest BCUT2D eigenvalue weighted by Gasteiger charge is 2.14. The number of carboxylic acids is 3. The molecule has 0 aromatic heterocycles. The molecule has 0 saturated carbocycles. The number of hydrogen-bond donors (Lipinski definition) is 8. The first-order valence-corrected chi connectivity index (χ1v) is 17.3. The van der Waals surface area contributed by atoms with Gasteiger partial charge in [-0.2, -0.15) is 16.8 Å². The second-order valence-electron chi connectivity index (χ2n) is 10.4. The lowest BCUT2D eigenvalue weighted by molar-refractivity contribution is 0.0682. The first-order valence-electron chi connectivity index (χ1n) is 14.5. The lowest BCUT2D eigenvalue weighted by Gasteiger charge is -2.12. The van der Waals surface area contributed by atoms with E-state index in [1.54, 1.807) is 89.5 Å². The zero-order chi connectivity index (χ0) is 39.1. The van der Waals surface area contributed by atoms with Crippen LogP contribution >= 0.6 is 0 Å². The Morgan fingerprint density at radius 3 is 1.53 bits per heavy atom. The second-order valence-corrected chi connectivity index (χ2v) is 13.2. The zero-order valence-corrected chi connectivity index (χ0v) is 30.1. The Morgan fingerprint density at radius 1 is 0.588 bits per heavy atom. The minimum Gasteiger partial charge on any atom is -0.478 e. The van der Waals surface area contributed by atoms with E-state index >= 15 is 0 Å². The SMILES string of the molecule is CN(C)c1cccc(S(=O)(=O)O)c1.CNc1cc(C(=O)O)cc(C(=O)O)c1.CNc1ccc(C)cc1S(=O)(=O)O.CNc1cccc(C(=O)O)c1. The van der Waals surface area contributed by atoms with Crippen LogP contribution in [0.15, 0.2) is 94.7 Å². The summed E-state index contributed by atoms with van der Waals surface area (Å²) >= 11 is 0. The van der Waals surface area contributed by atoms with Gasteiger partial charge in [0.1, 0.15) is 4.90 Å². The fourth-order valence-electron chi connectivity index (χ4n) is 3.80. The molecule has 0 bridgehead atoms. The van der Waals surface area contributed by atoms with Gasteiger partial charge in [-0.15, -0.1) is 0 Å². The number of hydrogen-bond acceptors (Lipinski definition) is 11. The Labute approximate surface area is 295 Å². The van der Waals surface area contributed by atoms with Crippen molar-refractivity contribution in [3.05, 3.63) is 107 Å². The molecule has 4 rings (SSSR count). The van der Waals surface area contributed by atoms with Crippen LogP contribution in [0.25, 0.3) is 0 Å². The van der Waals surface area contributed by atoms with E-state index in [1.165, 1.54) is 30.3 Å². The van der Waals surface area contributed by atoms with E-state index in [9.17, 15) is 31.2 Å². The van der Waals surface area contributed by atoms with Gasteiger partial charge >= 0.3 is 17.9 Å². The van der Waals surface area contributed by atoms with Crippen LogP contribution in [0.4, 0.5) is 22.7 Å². The average molecular weight is 749 g/mol. The summed E-state index contributed by atoms with van der Waals surface area (Å²) in [5, 5.41) is 34.2. The molecule has 8 N–H and O–H groups in total. The van der Waals surface area contributed by atoms with E-state index in [1.807, 2.05) is 6.07 Å². The second kappa shape index (κ2) is 19.5. The Bertz CT molecular complexity index is 2020. The molecule has 16 nitrogen and oxygen atoms in total. The van der Waals surface area contributed by atoms with Crippen LogP contribution < -0.4 is 20.9 Å². The molecule has 0 aliphatic carbocycles. The van der Waals surface area contributed by atoms with Crippen molar-refractivity contribution >= 4 is 60.9 Å². The molecule has 0 saturated heterocycles. The monoisotopic (exact) mass is 748 g/mol. The number of aromatic carboxylic acids is 3. The topological polar surface area (TPSA) is 260 Å². The van der Waals surface area contributed by atoms with Crippen LogP contribution in [0.3, 0.4) is 0 Å². The van der Waals surface area contributed by atoms with E-state index in [0.717, 1.165) is 23.0 Å². The van der Waals surface area contributed by atoms with E-state index < -0.39 is 38.1 Å². The van der Waals surface area contributed by atoms with Crippen LogP contribution in [0.2, 0.25) is 0 Å². The van der Waals surface area contributed by atoms with Gasteiger partial charge in [0.2, 0.25) is 0 Å². The molecule has 0 aliphatic heterocycles. The quantitative estimate of drug-likeness (QED) is 0.107. The molecular formula is C33H40N4O12S2. The zero-order valence-electron chi connectivity index (χ0n) is 28.4. The van der Waals surface area contributed by atoms with Crippen LogP contribution in [0.5, 0.6) is 0 Å². The van der Waals surface area contributed by atoms with Gasteiger partial charge in [-0.05, 0) is 79.2 Å². The Balaban J connectivity index is 0.000000341. The van der Waals surface area contributed by atoms with Crippen molar-refractivity contribution in [2.45, 2.75) is 16.7 Å². The third-order valence-electron chi connectivity index (χ3n) is 6.43. The van der Waals surface area contributed by atoms with E-state index in [0.29, 0.717) is 16.9 Å². The predicted octanol–water partition coefficient (Wildman–Crippen LogP) is 4.83. The first-order chi connectivity index (χ1) is 23.6. The smallest absolute Gasteiger partial charge is 0.335 e. The summed E-state index contributed by atoms with van der Waals surface area (Å²) in [5.41, 5.74) is 3.39. The van der Waals surface area contributed by atoms with E-state index in [4.69, 9.17) is 24.4 Å². The fourth-order valence-corrected chi connectivity index (χ4v) is 5.10. The minimum absolute atomic E-state index is 0.0470. The van der Waals surface area contributed by atoms with Gasteiger partial charge < -0.3 is 36.2 Å². The lowest BCUT2D eigenvalue weighted by Crippen LogP contribution is -2.09. The molecule has 0 radical (unpaired) electrons. The van der Waals surface area contributed by atoms with E-state index in [-0.39, 0.29) is 20.9 Å². The van der Waals surface area contributed by atoms with Gasteiger partial charge in [0.05, 0.1) is 27.3 Å². The van der Waals surface area contributed by atoms with E-state index in [2.05, 4.69) is 16.0 Å². The minimum atomic E-state index is -4.13. The van der Waals surface area contributed by atoms with Crippen LogP contribution in [0.1, 0.15) is 36.6 Å². The number of anilines is 4. The molecule has 18 heteroatoms. The van der Waals surface area contributed by atoms with Crippen molar-refractivity contribution in [1.29, 1.82) is 0 Å². The highest BCUT2D eigenvalue weighted by molar-refractivity contribution is 7.86. The van der Waals surface area contributed by atoms with Crippen LogP contribution in [-0.4, -0.2) is 94.4 Å². The molecule has 0 unspecified atom stereocenters. The summed E-state index contributed by atoms with van der Waals surface area (Å²) < 4.78 is 60.9. The number of carbonyl (C=O) groups is 3. The molecule has 276 valence electrons. The third-order valence-corrected chi connectivity index (χ3v) is 8.17. The largest absolute Gasteiger partial charge is 0.478 e. The maximum Gasteiger partial charge on any atom is 0.335 e. The molecule has 4 aromatic carbocycles. The summed E-state index contributed by atoms with van der Waals surface area (Å²) in [6.45, 7) is 1.76. The molecule has 0 fully saturated rings. The number of benzene rings is 4. The molecule has 0 heterocycles. The molecular weight excluding hydrogens is 709 g/mol. The van der Waals surface area contributed by atoms with Gasteiger partial charge in [-0.3, -0.25) is 9.11 Å². The molecule has 0 amide bonds. The number of nitrogens with zero attached hydrogens (tertiary/aromatic N) is 1.